The van der Waals surface area contributed by atoms with Crippen LogP contribution in [0.5, 0.6) is 5.75 Å². The number of carbonyl (C=O) groups is 1. The molecule has 1 saturated heterocycles. The van der Waals surface area contributed by atoms with Gasteiger partial charge in [0.2, 0.25) is 0 Å². The number of amides is 1. The van der Waals surface area contributed by atoms with Gasteiger partial charge in [0.05, 0.1) is 12.8 Å². The second kappa shape index (κ2) is 8.46. The molecule has 1 saturated carbocycles. The molecule has 1 aromatic carbocycles. The van der Waals surface area contributed by atoms with Crippen molar-refractivity contribution in [3.63, 3.8) is 0 Å². The first-order chi connectivity index (χ1) is 13.7. The van der Waals surface area contributed by atoms with E-state index >= 15 is 0 Å². The molecule has 0 spiro atoms. The lowest BCUT2D eigenvalue weighted by molar-refractivity contribution is 0.0739. The van der Waals surface area contributed by atoms with Crippen molar-refractivity contribution in [2.45, 2.75) is 31.7 Å². The molecule has 1 aromatic heterocycles. The summed E-state index contributed by atoms with van der Waals surface area (Å²) < 4.78 is 5.45. The fraction of sp³-hybridized carbons (Fsp3) is 0.476. The van der Waals surface area contributed by atoms with Gasteiger partial charge in [0, 0.05) is 32.2 Å². The Morgan fingerprint density at radius 1 is 1.04 bits per heavy atom. The molecule has 1 aliphatic carbocycles. The molecule has 28 heavy (non-hydrogen) atoms. The minimum absolute atomic E-state index is 0.0559. The van der Waals surface area contributed by atoms with Crippen LogP contribution in [0, 0.1) is 0 Å². The Morgan fingerprint density at radius 3 is 2.46 bits per heavy atom. The molecule has 0 radical (unpaired) electrons. The van der Waals surface area contributed by atoms with Gasteiger partial charge < -0.3 is 19.9 Å². The maximum atomic E-state index is 12.8. The number of hydrogen-bond acceptors (Lipinski definition) is 6. The smallest absolute Gasteiger partial charge is 0.274 e. The Hall–Kier alpha value is -2.83. The van der Waals surface area contributed by atoms with E-state index in [2.05, 4.69) is 26.5 Å². The van der Waals surface area contributed by atoms with Crippen molar-refractivity contribution >= 4 is 17.4 Å². The van der Waals surface area contributed by atoms with E-state index < -0.39 is 0 Å². The molecule has 2 aliphatic rings. The van der Waals surface area contributed by atoms with Crippen LogP contribution in [0.25, 0.3) is 0 Å². The quantitative estimate of drug-likeness (QED) is 0.859. The Bertz CT molecular complexity index is 797. The number of nitrogens with one attached hydrogen (secondary N) is 1. The van der Waals surface area contributed by atoms with E-state index in [1.165, 1.54) is 25.7 Å². The molecule has 148 valence electrons. The van der Waals surface area contributed by atoms with Gasteiger partial charge in [0.1, 0.15) is 11.6 Å². The maximum absolute atomic E-state index is 12.8. The number of aromatic nitrogens is 2. The summed E-state index contributed by atoms with van der Waals surface area (Å²) in [5.41, 5.74) is 1.47. The third-order valence-electron chi connectivity index (χ3n) is 5.58. The van der Waals surface area contributed by atoms with Crippen LogP contribution >= 0.6 is 0 Å². The molecular formula is C21H27N5O2. The van der Waals surface area contributed by atoms with E-state index in [-0.39, 0.29) is 5.91 Å². The van der Waals surface area contributed by atoms with Crippen LogP contribution in [-0.4, -0.2) is 60.3 Å². The van der Waals surface area contributed by atoms with Gasteiger partial charge in [0.25, 0.3) is 5.91 Å². The summed E-state index contributed by atoms with van der Waals surface area (Å²) in [7, 11) is 1.68. The first kappa shape index (κ1) is 18.5. The number of anilines is 2. The maximum Gasteiger partial charge on any atom is 0.274 e. The molecule has 2 fully saturated rings. The molecule has 4 rings (SSSR count). The van der Waals surface area contributed by atoms with Crippen LogP contribution in [0.2, 0.25) is 0 Å². The first-order valence-corrected chi connectivity index (χ1v) is 10.0. The number of hydrogen-bond donors (Lipinski definition) is 1. The number of methoxy groups -OCH3 is 1. The molecule has 2 heterocycles. The minimum atomic E-state index is -0.0559. The van der Waals surface area contributed by atoms with Crippen LogP contribution in [0.15, 0.2) is 36.4 Å². The van der Waals surface area contributed by atoms with Crippen LogP contribution in [0.4, 0.5) is 11.5 Å². The summed E-state index contributed by atoms with van der Waals surface area (Å²) in [6, 6.07) is 12.1. The fourth-order valence-electron chi connectivity index (χ4n) is 4.01. The predicted octanol–water partition coefficient (Wildman–Crippen LogP) is 2.80. The van der Waals surface area contributed by atoms with E-state index in [0.717, 1.165) is 30.3 Å². The lowest BCUT2D eigenvalue weighted by atomic mass is 10.2. The lowest BCUT2D eigenvalue weighted by Crippen LogP contribution is -2.49. The van der Waals surface area contributed by atoms with Crippen LogP contribution in [0.1, 0.15) is 36.2 Å². The van der Waals surface area contributed by atoms with Crippen LogP contribution < -0.4 is 15.0 Å². The summed E-state index contributed by atoms with van der Waals surface area (Å²) in [4.78, 5) is 16.9. The third kappa shape index (κ3) is 4.03. The van der Waals surface area contributed by atoms with Crippen LogP contribution in [0.3, 0.4) is 0 Å². The van der Waals surface area contributed by atoms with Gasteiger partial charge in [-0.05, 0) is 37.1 Å². The number of rotatable bonds is 5. The lowest BCUT2D eigenvalue weighted by Gasteiger charge is -2.36. The predicted molar refractivity (Wildman–Crippen MR) is 109 cm³/mol. The number of nitrogens with zero attached hydrogens (tertiary/aromatic N) is 4. The fourth-order valence-corrected chi connectivity index (χ4v) is 4.01. The summed E-state index contributed by atoms with van der Waals surface area (Å²) in [6.07, 6.45) is 4.89. The van der Waals surface area contributed by atoms with Crippen molar-refractivity contribution in [3.05, 3.63) is 42.1 Å². The van der Waals surface area contributed by atoms with Crippen molar-refractivity contribution in [2.24, 2.45) is 0 Å². The molecule has 7 heteroatoms. The van der Waals surface area contributed by atoms with Gasteiger partial charge in [-0.25, -0.2) is 0 Å². The standard InChI is InChI=1S/C21H27N5O2/c1-28-19-9-5-4-8-18(19)25-12-14-26(15-13-25)21(27)17-10-11-20(24-23-17)22-16-6-2-3-7-16/h4-5,8-11,16H,2-3,6-7,12-15H2,1H3,(H,22,24). The Morgan fingerprint density at radius 2 is 1.79 bits per heavy atom. The molecule has 1 aliphatic heterocycles. The summed E-state index contributed by atoms with van der Waals surface area (Å²) >= 11 is 0. The molecule has 0 unspecified atom stereocenters. The van der Waals surface area contributed by atoms with Crippen molar-refractivity contribution in [3.8, 4) is 5.75 Å². The van der Waals surface area contributed by atoms with Crippen molar-refractivity contribution in [1.29, 1.82) is 0 Å². The molecule has 7 nitrogen and oxygen atoms in total. The number of carbonyl (C=O) groups excluding carboxylic acids is 1. The number of benzene rings is 1. The highest BCUT2D eigenvalue weighted by atomic mass is 16.5. The first-order valence-electron chi connectivity index (χ1n) is 10.0. The molecule has 0 bridgehead atoms. The summed E-state index contributed by atoms with van der Waals surface area (Å²) in [5.74, 6) is 1.56. The third-order valence-corrected chi connectivity index (χ3v) is 5.58. The van der Waals surface area contributed by atoms with E-state index in [9.17, 15) is 4.79 Å². The topological polar surface area (TPSA) is 70.6 Å². The van der Waals surface area contributed by atoms with Gasteiger partial charge in [0.15, 0.2) is 5.69 Å². The largest absolute Gasteiger partial charge is 0.495 e. The molecule has 2 aromatic rings. The molecule has 1 N–H and O–H groups in total. The molecular weight excluding hydrogens is 354 g/mol. The highest BCUT2D eigenvalue weighted by Gasteiger charge is 2.25. The van der Waals surface area contributed by atoms with Gasteiger partial charge in [-0.1, -0.05) is 25.0 Å². The minimum Gasteiger partial charge on any atom is -0.495 e. The van der Waals surface area contributed by atoms with Crippen molar-refractivity contribution in [1.82, 2.24) is 15.1 Å². The van der Waals surface area contributed by atoms with Crippen molar-refractivity contribution < 1.29 is 9.53 Å². The van der Waals surface area contributed by atoms with E-state index in [1.807, 2.05) is 29.2 Å². The second-order valence-corrected chi connectivity index (χ2v) is 7.38. The number of piperazine rings is 1. The van der Waals surface area contributed by atoms with Gasteiger partial charge >= 0.3 is 0 Å². The Balaban J connectivity index is 1.34. The SMILES string of the molecule is COc1ccccc1N1CCN(C(=O)c2ccc(NC3CCCC3)nn2)CC1. The molecule has 0 atom stereocenters. The summed E-state index contributed by atoms with van der Waals surface area (Å²) in [5, 5.41) is 11.8. The normalized spacial score (nSPS) is 17.6. The second-order valence-electron chi connectivity index (χ2n) is 7.38. The molecule has 1 amide bonds. The van der Waals surface area contributed by atoms with E-state index in [1.54, 1.807) is 13.2 Å². The van der Waals surface area contributed by atoms with Crippen LogP contribution in [-0.2, 0) is 0 Å². The highest BCUT2D eigenvalue weighted by molar-refractivity contribution is 5.92. The Labute approximate surface area is 165 Å². The van der Waals surface area contributed by atoms with Gasteiger partial charge in [-0.3, -0.25) is 4.79 Å². The van der Waals surface area contributed by atoms with Gasteiger partial charge in [-0.2, -0.15) is 0 Å². The van der Waals surface area contributed by atoms with E-state index in [4.69, 9.17) is 4.74 Å². The number of para-hydroxylation sites is 2. The Kier molecular flexibility index (Phi) is 5.60. The average molecular weight is 381 g/mol. The zero-order valence-corrected chi connectivity index (χ0v) is 16.3. The van der Waals surface area contributed by atoms with Crippen molar-refractivity contribution in [2.75, 3.05) is 43.5 Å². The average Bonchev–Trinajstić information content (AvgIpc) is 3.27. The zero-order valence-electron chi connectivity index (χ0n) is 16.3. The number of ether oxygens (including phenoxy) is 1. The monoisotopic (exact) mass is 381 g/mol. The zero-order chi connectivity index (χ0) is 19.3. The van der Waals surface area contributed by atoms with E-state index in [0.29, 0.717) is 24.8 Å². The highest BCUT2D eigenvalue weighted by Crippen LogP contribution is 2.28. The summed E-state index contributed by atoms with van der Waals surface area (Å²) in [6.45, 7) is 2.84. The van der Waals surface area contributed by atoms with Gasteiger partial charge in [-0.15, -0.1) is 10.2 Å².